The summed E-state index contributed by atoms with van der Waals surface area (Å²) >= 11 is 0. The summed E-state index contributed by atoms with van der Waals surface area (Å²) in [5.41, 5.74) is 5.66. The van der Waals surface area contributed by atoms with Crippen LogP contribution in [0.5, 0.6) is 5.75 Å². The molecule has 0 aromatic heterocycles. The van der Waals surface area contributed by atoms with Crippen LogP contribution in [0.2, 0.25) is 0 Å². The number of carbonyl (C=O) groups excluding carboxylic acids is 1. The molecule has 0 bridgehead atoms. The molecule has 0 aliphatic heterocycles. The summed E-state index contributed by atoms with van der Waals surface area (Å²) in [6.07, 6.45) is 1.61. The number of nitrogens with zero attached hydrogens (tertiary/aromatic N) is 1. The van der Waals surface area contributed by atoms with E-state index in [4.69, 9.17) is 4.74 Å². The van der Waals surface area contributed by atoms with E-state index >= 15 is 0 Å². The minimum Gasteiger partial charge on any atom is -0.484 e. The fourth-order valence-corrected chi connectivity index (χ4v) is 2.27. The number of hydrogen-bond acceptors (Lipinski definition) is 3. The van der Waals surface area contributed by atoms with Gasteiger partial charge in [-0.15, -0.1) is 0 Å². The molecule has 0 fully saturated rings. The molecule has 0 unspecified atom stereocenters. The van der Waals surface area contributed by atoms with E-state index in [0.29, 0.717) is 5.75 Å². The van der Waals surface area contributed by atoms with Crippen molar-refractivity contribution in [2.24, 2.45) is 5.10 Å². The summed E-state index contributed by atoms with van der Waals surface area (Å²) in [5.74, 6) is 0.346. The number of para-hydroxylation sites is 1. The molecule has 0 aliphatic carbocycles. The lowest BCUT2D eigenvalue weighted by Gasteiger charge is -2.04. The zero-order valence-corrected chi connectivity index (χ0v) is 13.6. The zero-order valence-electron chi connectivity index (χ0n) is 13.6. The van der Waals surface area contributed by atoms with Crippen molar-refractivity contribution in [1.29, 1.82) is 0 Å². The van der Waals surface area contributed by atoms with Gasteiger partial charge in [0.15, 0.2) is 6.61 Å². The van der Waals surface area contributed by atoms with Crippen LogP contribution >= 0.6 is 0 Å². The van der Waals surface area contributed by atoms with Gasteiger partial charge in [0, 0.05) is 0 Å². The van der Waals surface area contributed by atoms with Crippen LogP contribution in [-0.2, 0) is 4.79 Å². The van der Waals surface area contributed by atoms with Crippen molar-refractivity contribution < 1.29 is 9.53 Å². The van der Waals surface area contributed by atoms with Gasteiger partial charge in [0.1, 0.15) is 5.75 Å². The van der Waals surface area contributed by atoms with Crippen molar-refractivity contribution in [3.05, 3.63) is 90.5 Å². The van der Waals surface area contributed by atoms with Gasteiger partial charge < -0.3 is 4.74 Å². The van der Waals surface area contributed by atoms with Crippen molar-refractivity contribution in [3.8, 4) is 16.9 Å². The molecule has 1 N–H and O–H groups in total. The van der Waals surface area contributed by atoms with E-state index in [1.54, 1.807) is 18.3 Å². The van der Waals surface area contributed by atoms with Gasteiger partial charge in [0.2, 0.25) is 0 Å². The molecule has 1 amide bonds. The number of nitrogens with one attached hydrogen (secondary N) is 1. The molecule has 4 nitrogen and oxygen atoms in total. The third kappa shape index (κ3) is 5.04. The van der Waals surface area contributed by atoms with Crippen LogP contribution in [0.15, 0.2) is 90.0 Å². The molecule has 3 aromatic carbocycles. The number of benzene rings is 3. The molecule has 0 spiro atoms. The number of carbonyl (C=O) groups is 1. The SMILES string of the molecule is O=C(COc1ccccc1)NN=Cc1ccc(-c2ccccc2)cc1. The molecule has 3 rings (SSSR count). The summed E-state index contributed by atoms with van der Waals surface area (Å²) in [5, 5.41) is 3.95. The minimum absolute atomic E-state index is 0.0751. The number of ether oxygens (including phenoxy) is 1. The Kier molecular flexibility index (Phi) is 5.56. The van der Waals surface area contributed by atoms with Crippen LogP contribution in [0.25, 0.3) is 11.1 Å². The maximum atomic E-state index is 11.7. The molecular formula is C21H18N2O2. The normalized spacial score (nSPS) is 10.6. The lowest BCUT2D eigenvalue weighted by Crippen LogP contribution is -2.24. The van der Waals surface area contributed by atoms with E-state index < -0.39 is 0 Å². The monoisotopic (exact) mass is 330 g/mol. The van der Waals surface area contributed by atoms with E-state index in [0.717, 1.165) is 16.7 Å². The van der Waals surface area contributed by atoms with Crippen LogP contribution in [-0.4, -0.2) is 18.7 Å². The Hall–Kier alpha value is -3.40. The standard InChI is InChI=1S/C21H18N2O2/c24-21(16-25-20-9-5-2-6-10-20)23-22-15-17-11-13-19(14-12-17)18-7-3-1-4-8-18/h1-15H,16H2,(H,23,24). The van der Waals surface area contributed by atoms with E-state index in [2.05, 4.69) is 22.7 Å². The number of rotatable bonds is 6. The van der Waals surface area contributed by atoms with Crippen molar-refractivity contribution in [2.45, 2.75) is 0 Å². The van der Waals surface area contributed by atoms with Crippen LogP contribution in [0, 0.1) is 0 Å². The maximum absolute atomic E-state index is 11.7. The molecule has 25 heavy (non-hydrogen) atoms. The maximum Gasteiger partial charge on any atom is 0.277 e. The second-order valence-corrected chi connectivity index (χ2v) is 5.38. The Bertz CT molecular complexity index is 829. The van der Waals surface area contributed by atoms with Gasteiger partial charge in [-0.05, 0) is 28.8 Å². The molecule has 0 saturated heterocycles. The number of hydrogen-bond donors (Lipinski definition) is 1. The highest BCUT2D eigenvalue weighted by atomic mass is 16.5. The van der Waals surface area contributed by atoms with Gasteiger partial charge in [0.25, 0.3) is 5.91 Å². The van der Waals surface area contributed by atoms with E-state index in [-0.39, 0.29) is 12.5 Å². The molecule has 0 radical (unpaired) electrons. The minimum atomic E-state index is -0.305. The summed E-state index contributed by atoms with van der Waals surface area (Å²) < 4.78 is 5.35. The third-order valence-corrected chi connectivity index (χ3v) is 3.53. The third-order valence-electron chi connectivity index (χ3n) is 3.53. The highest BCUT2D eigenvalue weighted by Gasteiger charge is 2.00. The van der Waals surface area contributed by atoms with E-state index in [1.165, 1.54) is 0 Å². The molecule has 0 atom stereocenters. The van der Waals surface area contributed by atoms with Crippen LogP contribution in [0.3, 0.4) is 0 Å². The lowest BCUT2D eigenvalue weighted by molar-refractivity contribution is -0.123. The first kappa shape index (κ1) is 16.5. The van der Waals surface area contributed by atoms with Gasteiger partial charge in [-0.2, -0.15) is 5.10 Å². The van der Waals surface area contributed by atoms with E-state index in [1.807, 2.05) is 60.7 Å². The van der Waals surface area contributed by atoms with Gasteiger partial charge in [-0.25, -0.2) is 5.43 Å². The molecule has 0 heterocycles. The summed E-state index contributed by atoms with van der Waals surface area (Å²) in [7, 11) is 0. The summed E-state index contributed by atoms with van der Waals surface area (Å²) in [6, 6.07) is 27.3. The van der Waals surface area contributed by atoms with Crippen molar-refractivity contribution in [3.63, 3.8) is 0 Å². The van der Waals surface area contributed by atoms with Gasteiger partial charge in [-0.1, -0.05) is 72.8 Å². The Balaban J connectivity index is 1.49. The van der Waals surface area contributed by atoms with Crippen molar-refractivity contribution >= 4 is 12.1 Å². The Morgan fingerprint density at radius 3 is 2.12 bits per heavy atom. The molecule has 124 valence electrons. The summed E-state index contributed by atoms with van der Waals surface area (Å²) in [6.45, 7) is -0.0751. The molecule has 0 saturated carbocycles. The van der Waals surface area contributed by atoms with Crippen LogP contribution in [0.4, 0.5) is 0 Å². The smallest absolute Gasteiger partial charge is 0.277 e. The predicted octanol–water partition coefficient (Wildman–Crippen LogP) is 3.88. The Morgan fingerprint density at radius 2 is 1.44 bits per heavy atom. The highest BCUT2D eigenvalue weighted by Crippen LogP contribution is 2.18. The van der Waals surface area contributed by atoms with Crippen molar-refractivity contribution in [2.75, 3.05) is 6.61 Å². The van der Waals surface area contributed by atoms with E-state index in [9.17, 15) is 4.79 Å². The molecular weight excluding hydrogens is 312 g/mol. The van der Waals surface area contributed by atoms with Crippen molar-refractivity contribution in [1.82, 2.24) is 5.43 Å². The zero-order chi connectivity index (χ0) is 17.3. The molecule has 4 heteroatoms. The van der Waals surface area contributed by atoms with Crippen LogP contribution < -0.4 is 10.2 Å². The average molecular weight is 330 g/mol. The van der Waals surface area contributed by atoms with Gasteiger partial charge >= 0.3 is 0 Å². The largest absolute Gasteiger partial charge is 0.484 e. The highest BCUT2D eigenvalue weighted by molar-refractivity contribution is 5.83. The fraction of sp³-hybridized carbons (Fsp3) is 0.0476. The first-order valence-corrected chi connectivity index (χ1v) is 7.96. The Labute approximate surface area is 146 Å². The second kappa shape index (κ2) is 8.45. The first-order chi connectivity index (χ1) is 12.3. The quantitative estimate of drug-likeness (QED) is 0.551. The lowest BCUT2D eigenvalue weighted by atomic mass is 10.0. The van der Waals surface area contributed by atoms with Crippen LogP contribution in [0.1, 0.15) is 5.56 Å². The Morgan fingerprint density at radius 1 is 0.840 bits per heavy atom. The average Bonchev–Trinajstić information content (AvgIpc) is 2.68. The van der Waals surface area contributed by atoms with Gasteiger partial charge in [-0.3, -0.25) is 4.79 Å². The summed E-state index contributed by atoms with van der Waals surface area (Å²) in [4.78, 5) is 11.7. The predicted molar refractivity (Wildman–Crippen MR) is 99.6 cm³/mol. The first-order valence-electron chi connectivity index (χ1n) is 7.96. The fourth-order valence-electron chi connectivity index (χ4n) is 2.27. The second-order valence-electron chi connectivity index (χ2n) is 5.38. The molecule has 3 aromatic rings. The number of amides is 1. The van der Waals surface area contributed by atoms with Gasteiger partial charge in [0.05, 0.1) is 6.21 Å². The topological polar surface area (TPSA) is 50.7 Å². The number of hydrazone groups is 1. The molecule has 0 aliphatic rings.